The van der Waals surface area contributed by atoms with Gasteiger partial charge in [0.1, 0.15) is 11.6 Å². The number of aryl methyl sites for hydroxylation is 1. The fourth-order valence-electron chi connectivity index (χ4n) is 1.35. The summed E-state index contributed by atoms with van der Waals surface area (Å²) in [4.78, 5) is 4.60. The second kappa shape index (κ2) is 6.11. The Labute approximate surface area is 113 Å². The first kappa shape index (κ1) is 14.9. The Balaban J connectivity index is 2.55. The van der Waals surface area contributed by atoms with Crippen molar-refractivity contribution in [1.82, 2.24) is 4.98 Å². The van der Waals surface area contributed by atoms with Gasteiger partial charge in [-0.05, 0) is 33.8 Å². The summed E-state index contributed by atoms with van der Waals surface area (Å²) >= 11 is 4.94. The standard InChI is InChI=1S/C13H20N2O2S/c1-9-7-10(12(14)18)8-11(15-9)16-5-6-17-13(2,3)4/h7-8H,5-6H2,1-4H3,(H2,14,18). The van der Waals surface area contributed by atoms with Crippen molar-refractivity contribution in [3.63, 3.8) is 0 Å². The first-order valence-electron chi connectivity index (χ1n) is 5.83. The zero-order valence-electron chi connectivity index (χ0n) is 11.3. The second-order valence-corrected chi connectivity index (χ2v) is 5.45. The molecular formula is C13H20N2O2S. The lowest BCUT2D eigenvalue weighted by molar-refractivity contribution is -0.0168. The Bertz CT molecular complexity index is 427. The normalized spacial score (nSPS) is 11.3. The zero-order chi connectivity index (χ0) is 13.8. The van der Waals surface area contributed by atoms with Crippen LogP contribution in [0.5, 0.6) is 5.88 Å². The van der Waals surface area contributed by atoms with Crippen LogP contribution >= 0.6 is 12.2 Å². The molecule has 0 aliphatic heterocycles. The van der Waals surface area contributed by atoms with Gasteiger partial charge in [-0.2, -0.15) is 0 Å². The molecular weight excluding hydrogens is 248 g/mol. The topological polar surface area (TPSA) is 57.4 Å². The number of ether oxygens (including phenoxy) is 2. The van der Waals surface area contributed by atoms with Gasteiger partial charge < -0.3 is 15.2 Å². The molecule has 0 saturated carbocycles. The molecule has 0 amide bonds. The van der Waals surface area contributed by atoms with Gasteiger partial charge in [0, 0.05) is 17.3 Å². The summed E-state index contributed by atoms with van der Waals surface area (Å²) in [5, 5.41) is 0. The fourth-order valence-corrected chi connectivity index (χ4v) is 1.47. The minimum Gasteiger partial charge on any atom is -0.475 e. The van der Waals surface area contributed by atoms with Crippen LogP contribution in [-0.4, -0.2) is 28.8 Å². The summed E-state index contributed by atoms with van der Waals surface area (Å²) in [7, 11) is 0. The van der Waals surface area contributed by atoms with E-state index < -0.39 is 0 Å². The summed E-state index contributed by atoms with van der Waals surface area (Å²) in [5.41, 5.74) is 7.02. The van der Waals surface area contributed by atoms with E-state index >= 15 is 0 Å². The van der Waals surface area contributed by atoms with Crippen molar-refractivity contribution in [2.45, 2.75) is 33.3 Å². The summed E-state index contributed by atoms with van der Waals surface area (Å²) in [6.07, 6.45) is 0. The number of pyridine rings is 1. The van der Waals surface area contributed by atoms with E-state index in [2.05, 4.69) is 4.98 Å². The van der Waals surface area contributed by atoms with Gasteiger partial charge in [0.2, 0.25) is 5.88 Å². The number of hydrogen-bond donors (Lipinski definition) is 1. The summed E-state index contributed by atoms with van der Waals surface area (Å²) in [6, 6.07) is 3.58. The average molecular weight is 268 g/mol. The minimum absolute atomic E-state index is 0.159. The van der Waals surface area contributed by atoms with Gasteiger partial charge in [0.25, 0.3) is 0 Å². The molecule has 1 heterocycles. The fraction of sp³-hybridized carbons (Fsp3) is 0.538. The van der Waals surface area contributed by atoms with Crippen LogP contribution in [0.25, 0.3) is 0 Å². The third-order valence-electron chi connectivity index (χ3n) is 2.08. The van der Waals surface area contributed by atoms with Crippen LogP contribution in [0.3, 0.4) is 0 Å². The van der Waals surface area contributed by atoms with E-state index in [1.165, 1.54) is 0 Å². The van der Waals surface area contributed by atoms with Gasteiger partial charge in [0.15, 0.2) is 0 Å². The molecule has 1 aromatic heterocycles. The minimum atomic E-state index is -0.159. The Kier molecular flexibility index (Phi) is 5.04. The highest BCUT2D eigenvalue weighted by Gasteiger charge is 2.09. The van der Waals surface area contributed by atoms with Crippen LogP contribution in [0.4, 0.5) is 0 Å². The molecule has 0 spiro atoms. The molecule has 0 aliphatic carbocycles. The van der Waals surface area contributed by atoms with Gasteiger partial charge in [0.05, 0.1) is 12.2 Å². The maximum Gasteiger partial charge on any atom is 0.214 e. The van der Waals surface area contributed by atoms with Crippen LogP contribution in [0.1, 0.15) is 32.0 Å². The van der Waals surface area contributed by atoms with Crippen molar-refractivity contribution < 1.29 is 9.47 Å². The number of aromatic nitrogens is 1. The average Bonchev–Trinajstić information content (AvgIpc) is 2.22. The second-order valence-electron chi connectivity index (χ2n) is 5.01. The molecule has 18 heavy (non-hydrogen) atoms. The van der Waals surface area contributed by atoms with Crippen LogP contribution in [0.2, 0.25) is 0 Å². The van der Waals surface area contributed by atoms with E-state index in [1.54, 1.807) is 6.07 Å². The highest BCUT2D eigenvalue weighted by Crippen LogP contribution is 2.13. The Morgan fingerprint density at radius 2 is 2.00 bits per heavy atom. The third kappa shape index (κ3) is 5.42. The highest BCUT2D eigenvalue weighted by atomic mass is 32.1. The molecule has 5 heteroatoms. The van der Waals surface area contributed by atoms with Crippen molar-refractivity contribution in [1.29, 1.82) is 0 Å². The first-order valence-corrected chi connectivity index (χ1v) is 6.24. The zero-order valence-corrected chi connectivity index (χ0v) is 12.1. The van der Waals surface area contributed by atoms with Crippen LogP contribution in [0.15, 0.2) is 12.1 Å². The number of nitrogens with two attached hydrogens (primary N) is 1. The Hall–Kier alpha value is -1.20. The van der Waals surface area contributed by atoms with E-state index in [9.17, 15) is 0 Å². The molecule has 0 bridgehead atoms. The van der Waals surface area contributed by atoms with Crippen molar-refractivity contribution in [3.8, 4) is 5.88 Å². The van der Waals surface area contributed by atoms with Gasteiger partial charge in [-0.25, -0.2) is 4.98 Å². The van der Waals surface area contributed by atoms with Crippen LogP contribution in [-0.2, 0) is 4.74 Å². The number of nitrogens with zero attached hydrogens (tertiary/aromatic N) is 1. The highest BCUT2D eigenvalue weighted by molar-refractivity contribution is 7.80. The SMILES string of the molecule is Cc1cc(C(N)=S)cc(OCCOC(C)(C)C)n1. The number of thiocarbonyl (C=S) groups is 1. The molecule has 0 aromatic carbocycles. The molecule has 4 nitrogen and oxygen atoms in total. The largest absolute Gasteiger partial charge is 0.475 e. The van der Waals surface area contributed by atoms with Crippen LogP contribution in [0, 0.1) is 6.92 Å². The number of rotatable bonds is 5. The molecule has 0 unspecified atom stereocenters. The van der Waals surface area contributed by atoms with Gasteiger partial charge in [-0.3, -0.25) is 0 Å². The van der Waals surface area contributed by atoms with Crippen LogP contribution < -0.4 is 10.5 Å². The lowest BCUT2D eigenvalue weighted by Crippen LogP contribution is -2.22. The molecule has 0 saturated heterocycles. The number of hydrogen-bond acceptors (Lipinski definition) is 4. The molecule has 0 atom stereocenters. The Morgan fingerprint density at radius 3 is 2.56 bits per heavy atom. The predicted molar refractivity (Wildman–Crippen MR) is 76.1 cm³/mol. The Morgan fingerprint density at radius 1 is 1.33 bits per heavy atom. The van der Waals surface area contributed by atoms with E-state index in [0.29, 0.717) is 24.1 Å². The molecule has 100 valence electrons. The van der Waals surface area contributed by atoms with E-state index in [0.717, 1.165) is 11.3 Å². The molecule has 0 fully saturated rings. The molecule has 0 aliphatic rings. The quantitative estimate of drug-likeness (QED) is 0.655. The molecule has 2 N–H and O–H groups in total. The van der Waals surface area contributed by atoms with Crippen molar-refractivity contribution >= 4 is 17.2 Å². The molecule has 0 radical (unpaired) electrons. The van der Waals surface area contributed by atoms with E-state index in [1.807, 2.05) is 33.8 Å². The first-order chi connectivity index (χ1) is 8.28. The van der Waals surface area contributed by atoms with E-state index in [-0.39, 0.29) is 5.60 Å². The smallest absolute Gasteiger partial charge is 0.214 e. The van der Waals surface area contributed by atoms with E-state index in [4.69, 9.17) is 27.4 Å². The summed E-state index contributed by atoms with van der Waals surface area (Å²) < 4.78 is 11.1. The maximum absolute atomic E-state index is 5.59. The molecule has 1 aromatic rings. The maximum atomic E-state index is 5.59. The summed E-state index contributed by atoms with van der Waals surface area (Å²) in [6.45, 7) is 8.85. The lowest BCUT2D eigenvalue weighted by Gasteiger charge is -2.19. The molecule has 1 rings (SSSR count). The van der Waals surface area contributed by atoms with Crippen molar-refractivity contribution in [2.24, 2.45) is 5.73 Å². The van der Waals surface area contributed by atoms with Gasteiger partial charge in [-0.1, -0.05) is 12.2 Å². The monoisotopic (exact) mass is 268 g/mol. The summed E-state index contributed by atoms with van der Waals surface area (Å²) in [5.74, 6) is 0.523. The predicted octanol–water partition coefficient (Wildman–Crippen LogP) is 2.22. The van der Waals surface area contributed by atoms with Gasteiger partial charge in [-0.15, -0.1) is 0 Å². The lowest BCUT2D eigenvalue weighted by atomic mass is 10.2. The van der Waals surface area contributed by atoms with Crippen molar-refractivity contribution in [2.75, 3.05) is 13.2 Å². The van der Waals surface area contributed by atoms with Crippen molar-refractivity contribution in [3.05, 3.63) is 23.4 Å². The third-order valence-corrected chi connectivity index (χ3v) is 2.32. The van der Waals surface area contributed by atoms with Gasteiger partial charge >= 0.3 is 0 Å².